The molecule has 1 aliphatic rings. The van der Waals surface area contributed by atoms with E-state index in [1.165, 1.54) is 4.90 Å². The van der Waals surface area contributed by atoms with E-state index in [4.69, 9.17) is 21.1 Å². The van der Waals surface area contributed by atoms with Crippen LogP contribution in [0, 0.1) is 0 Å². The van der Waals surface area contributed by atoms with Crippen molar-refractivity contribution in [1.82, 2.24) is 5.32 Å². The van der Waals surface area contributed by atoms with Gasteiger partial charge < -0.3 is 14.8 Å². The Hall–Kier alpha value is -2.83. The molecular weight excluding hydrogens is 404 g/mol. The van der Waals surface area contributed by atoms with Crippen molar-refractivity contribution in [2.45, 2.75) is 26.4 Å². The second-order valence-electron chi connectivity index (χ2n) is 7.11. The van der Waals surface area contributed by atoms with Crippen molar-refractivity contribution < 1.29 is 19.1 Å². The predicted octanol–water partition coefficient (Wildman–Crippen LogP) is 4.04. The summed E-state index contributed by atoms with van der Waals surface area (Å²) in [6, 6.07) is 14.3. The molecule has 0 atom stereocenters. The Balaban J connectivity index is 1.73. The summed E-state index contributed by atoms with van der Waals surface area (Å²) in [5.41, 5.74) is 1.22. The lowest BCUT2D eigenvalue weighted by atomic mass is 10.1. The largest absolute Gasteiger partial charge is 0.449 e. The normalized spacial score (nSPS) is 14.6. The lowest BCUT2D eigenvalue weighted by molar-refractivity contribution is -0.123. The fourth-order valence-electron chi connectivity index (χ4n) is 2.97. The highest BCUT2D eigenvalue weighted by Crippen LogP contribution is 2.35. The van der Waals surface area contributed by atoms with Crippen LogP contribution in [0.5, 0.6) is 5.75 Å². The first-order valence-corrected chi connectivity index (χ1v) is 10.3. The van der Waals surface area contributed by atoms with Crippen molar-refractivity contribution in [2.75, 3.05) is 24.6 Å². The fraction of sp³-hybridized carbons (Fsp3) is 0.304. The summed E-state index contributed by atoms with van der Waals surface area (Å²) in [4.78, 5) is 27.0. The van der Waals surface area contributed by atoms with Gasteiger partial charge in [-0.1, -0.05) is 41.9 Å². The molecule has 0 aromatic heterocycles. The average Bonchev–Trinajstić information content (AvgIpc) is 2.72. The predicted molar refractivity (Wildman–Crippen MR) is 118 cm³/mol. The number of fused-ring (bicyclic) bond motifs is 1. The van der Waals surface area contributed by atoms with Gasteiger partial charge in [0.15, 0.2) is 11.5 Å². The van der Waals surface area contributed by atoms with E-state index in [1.807, 2.05) is 32.0 Å². The second kappa shape index (κ2) is 10.3. The summed E-state index contributed by atoms with van der Waals surface area (Å²) >= 11 is 6.22. The molecule has 1 heterocycles. The first-order valence-electron chi connectivity index (χ1n) is 9.89. The zero-order valence-corrected chi connectivity index (χ0v) is 17.8. The van der Waals surface area contributed by atoms with Crippen LogP contribution in [0.3, 0.4) is 0 Å². The quantitative estimate of drug-likeness (QED) is 0.509. The molecule has 2 amide bonds. The van der Waals surface area contributed by atoms with Gasteiger partial charge in [-0.15, -0.1) is 0 Å². The second-order valence-corrected chi connectivity index (χ2v) is 7.52. The molecule has 6 nitrogen and oxygen atoms in total. The molecule has 7 heteroatoms. The molecule has 2 aromatic carbocycles. The number of halogens is 1. The molecule has 1 aliphatic heterocycles. The lowest BCUT2D eigenvalue weighted by Crippen LogP contribution is -2.44. The van der Waals surface area contributed by atoms with Crippen LogP contribution in [0.15, 0.2) is 54.3 Å². The molecule has 1 N–H and O–H groups in total. The monoisotopic (exact) mass is 428 g/mol. The molecule has 0 radical (unpaired) electrons. The number of anilines is 1. The van der Waals surface area contributed by atoms with E-state index < -0.39 is 5.91 Å². The number of amides is 2. The Morgan fingerprint density at radius 1 is 1.20 bits per heavy atom. The van der Waals surface area contributed by atoms with Gasteiger partial charge >= 0.3 is 0 Å². The van der Waals surface area contributed by atoms with Gasteiger partial charge in [0.1, 0.15) is 6.54 Å². The van der Waals surface area contributed by atoms with Crippen LogP contribution in [0.4, 0.5) is 5.69 Å². The van der Waals surface area contributed by atoms with E-state index in [1.54, 1.807) is 36.4 Å². The minimum atomic E-state index is -0.396. The number of para-hydroxylation sites is 2. The molecule has 158 valence electrons. The third kappa shape index (κ3) is 5.62. The topological polar surface area (TPSA) is 67.9 Å². The van der Waals surface area contributed by atoms with Crippen LogP contribution in [0.25, 0.3) is 6.08 Å². The number of carbonyl (C=O) groups is 2. The van der Waals surface area contributed by atoms with E-state index in [9.17, 15) is 9.59 Å². The van der Waals surface area contributed by atoms with Gasteiger partial charge in [0.05, 0.1) is 11.8 Å². The number of nitrogens with zero attached hydrogens (tertiary/aromatic N) is 1. The van der Waals surface area contributed by atoms with E-state index in [2.05, 4.69) is 5.32 Å². The number of carbonyl (C=O) groups excluding carboxylic acids is 2. The van der Waals surface area contributed by atoms with Gasteiger partial charge in [0.2, 0.25) is 5.91 Å². The van der Waals surface area contributed by atoms with E-state index in [0.29, 0.717) is 41.6 Å². The number of rotatable bonds is 8. The van der Waals surface area contributed by atoms with E-state index in [0.717, 1.165) is 0 Å². The number of nitrogens with one attached hydrogen (secondary N) is 1. The minimum absolute atomic E-state index is 0.107. The molecule has 0 fully saturated rings. The van der Waals surface area contributed by atoms with Crippen LogP contribution in [-0.4, -0.2) is 37.6 Å². The summed E-state index contributed by atoms with van der Waals surface area (Å²) in [6.45, 7) is 4.88. The number of ether oxygens (including phenoxy) is 2. The SMILES string of the molecule is CC(C)OCCCNC(=O)CN1C(=O)C(=Cc2ccccc2Cl)Oc2ccccc21. The van der Waals surface area contributed by atoms with Crippen molar-refractivity contribution >= 4 is 35.2 Å². The Labute approximate surface area is 181 Å². The highest BCUT2D eigenvalue weighted by Gasteiger charge is 2.31. The fourth-order valence-corrected chi connectivity index (χ4v) is 3.16. The van der Waals surface area contributed by atoms with Crippen molar-refractivity contribution in [2.24, 2.45) is 0 Å². The Morgan fingerprint density at radius 2 is 1.93 bits per heavy atom. The molecule has 0 aliphatic carbocycles. The van der Waals surface area contributed by atoms with Crippen molar-refractivity contribution in [3.8, 4) is 5.75 Å². The summed E-state index contributed by atoms with van der Waals surface area (Å²) < 4.78 is 11.3. The van der Waals surface area contributed by atoms with Crippen LogP contribution in [-0.2, 0) is 14.3 Å². The minimum Gasteiger partial charge on any atom is -0.449 e. The lowest BCUT2D eigenvalue weighted by Gasteiger charge is -2.30. The number of hydrogen-bond donors (Lipinski definition) is 1. The summed E-state index contributed by atoms with van der Waals surface area (Å²) in [6.07, 6.45) is 2.45. The molecule has 0 spiro atoms. The maximum Gasteiger partial charge on any atom is 0.294 e. The van der Waals surface area contributed by atoms with Gasteiger partial charge in [-0.25, -0.2) is 0 Å². The van der Waals surface area contributed by atoms with Gasteiger partial charge in [-0.05, 0) is 50.1 Å². The molecule has 30 heavy (non-hydrogen) atoms. The van der Waals surface area contributed by atoms with Crippen LogP contribution >= 0.6 is 11.6 Å². The van der Waals surface area contributed by atoms with Gasteiger partial charge in [0.25, 0.3) is 5.91 Å². The third-order valence-corrected chi connectivity index (χ3v) is 4.76. The van der Waals surface area contributed by atoms with Crippen LogP contribution < -0.4 is 15.0 Å². The zero-order chi connectivity index (χ0) is 21.5. The Morgan fingerprint density at radius 3 is 2.70 bits per heavy atom. The molecule has 3 rings (SSSR count). The van der Waals surface area contributed by atoms with Crippen molar-refractivity contribution in [3.63, 3.8) is 0 Å². The summed E-state index contributed by atoms with van der Waals surface area (Å²) in [7, 11) is 0. The average molecular weight is 429 g/mol. The first-order chi connectivity index (χ1) is 14.5. The van der Waals surface area contributed by atoms with E-state index >= 15 is 0 Å². The summed E-state index contributed by atoms with van der Waals surface area (Å²) in [5.74, 6) is -0.0259. The van der Waals surface area contributed by atoms with Crippen LogP contribution in [0.2, 0.25) is 5.02 Å². The maximum atomic E-state index is 13.1. The third-order valence-electron chi connectivity index (χ3n) is 4.42. The smallest absolute Gasteiger partial charge is 0.294 e. The maximum absolute atomic E-state index is 13.1. The number of hydrogen-bond acceptors (Lipinski definition) is 4. The van der Waals surface area contributed by atoms with Gasteiger partial charge in [-0.2, -0.15) is 0 Å². The molecule has 0 unspecified atom stereocenters. The Kier molecular flexibility index (Phi) is 7.49. The van der Waals surface area contributed by atoms with Gasteiger partial charge in [-0.3, -0.25) is 14.5 Å². The van der Waals surface area contributed by atoms with Crippen molar-refractivity contribution in [1.29, 1.82) is 0 Å². The van der Waals surface area contributed by atoms with Crippen LogP contribution in [0.1, 0.15) is 25.8 Å². The molecular formula is C23H25ClN2O4. The standard InChI is InChI=1S/C23H25ClN2O4/c1-16(2)29-13-7-12-25-22(27)15-26-19-10-5-6-11-20(19)30-21(23(26)28)14-17-8-3-4-9-18(17)24/h3-6,8-11,14,16H,7,12-13,15H2,1-2H3,(H,25,27). The Bertz CT molecular complexity index is 942. The summed E-state index contributed by atoms with van der Waals surface area (Å²) in [5, 5.41) is 3.34. The van der Waals surface area contributed by atoms with Crippen molar-refractivity contribution in [3.05, 3.63) is 64.9 Å². The molecule has 2 aromatic rings. The van der Waals surface area contributed by atoms with Gasteiger partial charge in [0, 0.05) is 18.2 Å². The number of benzene rings is 2. The molecule has 0 saturated heterocycles. The first kappa shape index (κ1) is 21.9. The highest BCUT2D eigenvalue weighted by molar-refractivity contribution is 6.32. The highest BCUT2D eigenvalue weighted by atomic mass is 35.5. The molecule has 0 saturated carbocycles. The van der Waals surface area contributed by atoms with E-state index in [-0.39, 0.29) is 24.3 Å². The molecule has 0 bridgehead atoms. The zero-order valence-electron chi connectivity index (χ0n) is 17.1.